The van der Waals surface area contributed by atoms with Crippen LogP contribution in [-0.4, -0.2) is 75.2 Å². The first-order chi connectivity index (χ1) is 14.8. The summed E-state index contributed by atoms with van der Waals surface area (Å²) in [4.78, 5) is 39.3. The molecule has 3 aromatic rings. The van der Waals surface area contributed by atoms with E-state index in [2.05, 4.69) is 15.1 Å². The van der Waals surface area contributed by atoms with Crippen molar-refractivity contribution in [3.63, 3.8) is 0 Å². The van der Waals surface area contributed by atoms with Gasteiger partial charge in [0.15, 0.2) is 0 Å². The predicted octanol–water partition coefficient (Wildman–Crippen LogP) is 2.20. The Kier molecular flexibility index (Phi) is 6.01. The smallest absolute Gasteiger partial charge is 0.263 e. The predicted molar refractivity (Wildman–Crippen MR) is 117 cm³/mol. The van der Waals surface area contributed by atoms with Gasteiger partial charge in [0.2, 0.25) is 5.91 Å². The molecule has 0 spiro atoms. The molecule has 31 heavy (non-hydrogen) atoms. The molecule has 9 nitrogen and oxygen atoms in total. The number of thiophene rings is 1. The third kappa shape index (κ3) is 4.31. The second-order valence-corrected chi connectivity index (χ2v) is 8.78. The van der Waals surface area contributed by atoms with Crippen LogP contribution < -0.4 is 0 Å². The van der Waals surface area contributed by atoms with Gasteiger partial charge in [-0.3, -0.25) is 9.59 Å². The van der Waals surface area contributed by atoms with Crippen LogP contribution in [0.3, 0.4) is 0 Å². The van der Waals surface area contributed by atoms with Gasteiger partial charge in [-0.05, 0) is 19.9 Å². The molecule has 1 saturated heterocycles. The van der Waals surface area contributed by atoms with Crippen molar-refractivity contribution in [2.75, 3.05) is 33.8 Å². The minimum atomic E-state index is -0.370. The summed E-state index contributed by atoms with van der Waals surface area (Å²) in [5.74, 6) is 1.46. The lowest BCUT2D eigenvalue weighted by Gasteiger charge is -2.33. The number of aryl methyl sites for hydroxylation is 3. The third-order valence-electron chi connectivity index (χ3n) is 5.35. The van der Waals surface area contributed by atoms with Gasteiger partial charge in [-0.15, -0.1) is 11.3 Å². The zero-order valence-corrected chi connectivity index (χ0v) is 19.0. The molecule has 0 saturated carbocycles. The maximum absolute atomic E-state index is 12.9. The van der Waals surface area contributed by atoms with Crippen molar-refractivity contribution in [3.05, 3.63) is 40.4 Å². The number of nitrogens with zero attached hydrogens (tertiary/aromatic N) is 6. The Balaban J connectivity index is 1.55. The van der Waals surface area contributed by atoms with E-state index < -0.39 is 0 Å². The Hall–Kier alpha value is -2.85. The molecule has 0 aromatic carbocycles. The zero-order chi connectivity index (χ0) is 22.1. The van der Waals surface area contributed by atoms with Crippen molar-refractivity contribution in [2.24, 2.45) is 0 Å². The molecule has 0 bridgehead atoms. The van der Waals surface area contributed by atoms with Gasteiger partial charge in [0, 0.05) is 44.2 Å². The lowest BCUT2D eigenvalue weighted by atomic mass is 10.0. The molecule has 1 atom stereocenters. The Morgan fingerprint density at radius 2 is 2.13 bits per heavy atom. The van der Waals surface area contributed by atoms with Crippen molar-refractivity contribution in [3.8, 4) is 0 Å². The van der Waals surface area contributed by atoms with Crippen LogP contribution in [0.1, 0.15) is 39.4 Å². The van der Waals surface area contributed by atoms with Crippen molar-refractivity contribution in [1.29, 1.82) is 0 Å². The fourth-order valence-corrected chi connectivity index (χ4v) is 5.03. The summed E-state index contributed by atoms with van der Waals surface area (Å²) < 4.78 is 7.81. The summed E-state index contributed by atoms with van der Waals surface area (Å²) in [6.45, 7) is 5.57. The number of rotatable bonds is 5. The molecule has 0 radical (unpaired) electrons. The Bertz CT molecular complexity index is 1120. The lowest BCUT2D eigenvalue weighted by Crippen LogP contribution is -2.43. The first kappa shape index (κ1) is 21.4. The SMILES string of the molecule is Cc1nc(C)n(CCC(=O)N2CCO[C@@H](c3c(C(=O)N(C)C)sc4ncccc34)C2)n1. The Labute approximate surface area is 184 Å². The summed E-state index contributed by atoms with van der Waals surface area (Å²) in [6, 6.07) is 3.82. The molecule has 10 heteroatoms. The molecule has 3 aromatic heterocycles. The topological polar surface area (TPSA) is 93.5 Å². The number of pyridine rings is 1. The van der Waals surface area contributed by atoms with E-state index in [9.17, 15) is 9.59 Å². The molecular formula is C21H26N6O3S. The molecule has 1 aliphatic rings. The summed E-state index contributed by atoms with van der Waals surface area (Å²) in [5.41, 5.74) is 0.826. The fourth-order valence-electron chi connectivity index (χ4n) is 3.82. The van der Waals surface area contributed by atoms with Crippen molar-refractivity contribution in [1.82, 2.24) is 29.5 Å². The Morgan fingerprint density at radius 3 is 2.84 bits per heavy atom. The van der Waals surface area contributed by atoms with Crippen LogP contribution in [0, 0.1) is 13.8 Å². The molecule has 2 amide bonds. The van der Waals surface area contributed by atoms with Gasteiger partial charge >= 0.3 is 0 Å². The fraction of sp³-hybridized carbons (Fsp3) is 0.476. The van der Waals surface area contributed by atoms with Crippen molar-refractivity contribution in [2.45, 2.75) is 32.9 Å². The van der Waals surface area contributed by atoms with Gasteiger partial charge in [-0.2, -0.15) is 5.10 Å². The highest BCUT2D eigenvalue weighted by Gasteiger charge is 2.32. The zero-order valence-electron chi connectivity index (χ0n) is 18.2. The molecular weight excluding hydrogens is 416 g/mol. The van der Waals surface area contributed by atoms with E-state index in [1.807, 2.05) is 30.9 Å². The summed E-state index contributed by atoms with van der Waals surface area (Å²) in [6.07, 6.45) is 1.69. The molecule has 0 aliphatic carbocycles. The first-order valence-electron chi connectivity index (χ1n) is 10.2. The number of amides is 2. The van der Waals surface area contributed by atoms with Crippen molar-refractivity contribution >= 4 is 33.4 Å². The van der Waals surface area contributed by atoms with E-state index in [0.29, 0.717) is 43.4 Å². The van der Waals surface area contributed by atoms with Crippen molar-refractivity contribution < 1.29 is 14.3 Å². The molecule has 4 heterocycles. The number of fused-ring (bicyclic) bond motifs is 1. The lowest BCUT2D eigenvalue weighted by molar-refractivity contribution is -0.139. The first-order valence-corrected chi connectivity index (χ1v) is 11.0. The summed E-state index contributed by atoms with van der Waals surface area (Å²) in [5, 5.41) is 5.24. The molecule has 0 N–H and O–H groups in total. The van der Waals surface area contributed by atoms with Gasteiger partial charge in [0.05, 0.1) is 19.7 Å². The maximum Gasteiger partial charge on any atom is 0.263 e. The molecule has 4 rings (SSSR count). The number of aromatic nitrogens is 4. The summed E-state index contributed by atoms with van der Waals surface area (Å²) in [7, 11) is 3.46. The number of morpholine rings is 1. The quantitative estimate of drug-likeness (QED) is 0.601. The average Bonchev–Trinajstić information content (AvgIpc) is 3.30. The highest BCUT2D eigenvalue weighted by molar-refractivity contribution is 7.20. The average molecular weight is 443 g/mol. The highest BCUT2D eigenvalue weighted by atomic mass is 32.1. The monoisotopic (exact) mass is 442 g/mol. The molecule has 1 fully saturated rings. The third-order valence-corrected chi connectivity index (χ3v) is 6.46. The minimum absolute atomic E-state index is 0.0407. The number of hydrogen-bond acceptors (Lipinski definition) is 7. The van der Waals surface area contributed by atoms with Crippen LogP contribution in [0.4, 0.5) is 0 Å². The number of carbonyl (C=O) groups is 2. The minimum Gasteiger partial charge on any atom is -0.370 e. The van der Waals surface area contributed by atoms with Crippen LogP contribution in [0.25, 0.3) is 10.2 Å². The normalized spacial score (nSPS) is 16.6. The van der Waals surface area contributed by atoms with E-state index in [-0.39, 0.29) is 17.9 Å². The van der Waals surface area contributed by atoms with Crippen LogP contribution in [-0.2, 0) is 16.1 Å². The van der Waals surface area contributed by atoms with E-state index in [0.717, 1.165) is 21.6 Å². The summed E-state index contributed by atoms with van der Waals surface area (Å²) >= 11 is 1.37. The number of hydrogen-bond donors (Lipinski definition) is 0. The second-order valence-electron chi connectivity index (χ2n) is 7.78. The van der Waals surface area contributed by atoms with Gasteiger partial charge < -0.3 is 14.5 Å². The van der Waals surface area contributed by atoms with E-state index in [4.69, 9.17) is 4.74 Å². The molecule has 0 unspecified atom stereocenters. The van der Waals surface area contributed by atoms with Gasteiger partial charge in [0.25, 0.3) is 5.91 Å². The van der Waals surface area contributed by atoms with Crippen LogP contribution in [0.5, 0.6) is 0 Å². The van der Waals surface area contributed by atoms with Crippen LogP contribution >= 0.6 is 11.3 Å². The van der Waals surface area contributed by atoms with Gasteiger partial charge in [-0.1, -0.05) is 6.07 Å². The highest BCUT2D eigenvalue weighted by Crippen LogP contribution is 2.37. The maximum atomic E-state index is 12.9. The Morgan fingerprint density at radius 1 is 1.32 bits per heavy atom. The largest absolute Gasteiger partial charge is 0.370 e. The molecule has 164 valence electrons. The second kappa shape index (κ2) is 8.72. The molecule has 1 aliphatic heterocycles. The standard InChI is InChI=1S/C21H26N6O3S/c1-13-23-14(2)27(24-13)9-7-17(28)26-10-11-30-16(12-26)18-15-6-5-8-22-20(15)31-19(18)21(29)25(3)4/h5-6,8,16H,7,9-12H2,1-4H3/t16-/m1/s1. The van der Waals surface area contributed by atoms with Gasteiger partial charge in [-0.25, -0.2) is 14.6 Å². The number of carbonyl (C=O) groups excluding carboxylic acids is 2. The van der Waals surface area contributed by atoms with E-state index >= 15 is 0 Å². The van der Waals surface area contributed by atoms with Crippen LogP contribution in [0.15, 0.2) is 18.3 Å². The number of ether oxygens (including phenoxy) is 1. The van der Waals surface area contributed by atoms with Crippen LogP contribution in [0.2, 0.25) is 0 Å². The van der Waals surface area contributed by atoms with E-state index in [1.54, 1.807) is 29.9 Å². The van der Waals surface area contributed by atoms with E-state index in [1.165, 1.54) is 11.3 Å². The van der Waals surface area contributed by atoms with Gasteiger partial charge in [0.1, 0.15) is 27.5 Å².